The summed E-state index contributed by atoms with van der Waals surface area (Å²) in [6.45, 7) is 4.60. The quantitative estimate of drug-likeness (QED) is 0.124. The van der Waals surface area contributed by atoms with Crippen molar-refractivity contribution in [2.45, 2.75) is 168 Å². The molecule has 0 saturated heterocycles. The minimum atomic E-state index is 1.37. The van der Waals surface area contributed by atoms with Crippen LogP contribution in [0.1, 0.15) is 168 Å². The Hall–Kier alpha value is 0.350. The molecule has 0 aliphatic carbocycles. The highest BCUT2D eigenvalue weighted by atomic mass is 32.2. The molecule has 0 rings (SSSR count). The van der Waals surface area contributed by atoms with E-state index in [-0.39, 0.29) is 0 Å². The molecular weight excluding hydrogens is 368 g/mol. The van der Waals surface area contributed by atoms with E-state index in [1.165, 1.54) is 166 Å². The van der Waals surface area contributed by atoms with Gasteiger partial charge in [0.15, 0.2) is 0 Å². The van der Waals surface area contributed by atoms with Crippen LogP contribution < -0.4 is 0 Å². The maximum Gasteiger partial charge on any atom is -0.00675 e. The van der Waals surface area contributed by atoms with Crippen molar-refractivity contribution in [3.8, 4) is 0 Å². The molecule has 0 aliphatic rings. The highest BCUT2D eigenvalue weighted by Gasteiger charge is 1.96. The van der Waals surface area contributed by atoms with Gasteiger partial charge < -0.3 is 0 Å². The van der Waals surface area contributed by atoms with Crippen LogP contribution in [-0.2, 0) is 0 Å². The minimum Gasteiger partial charge on any atom is -0.162 e. The molecule has 176 valence electrons. The SMILES string of the molecule is CCCCCCCCCCCCCCCCCCCCSCCCCCCCC. The Morgan fingerprint density at radius 3 is 0.724 bits per heavy atom. The van der Waals surface area contributed by atoms with Crippen molar-refractivity contribution in [3.05, 3.63) is 0 Å². The smallest absolute Gasteiger partial charge is 0.00675 e. The van der Waals surface area contributed by atoms with Crippen LogP contribution in [0.15, 0.2) is 0 Å². The fraction of sp³-hybridized carbons (Fsp3) is 1.00. The molecule has 0 heterocycles. The van der Waals surface area contributed by atoms with Crippen molar-refractivity contribution in [2.75, 3.05) is 11.5 Å². The molecule has 0 aliphatic heterocycles. The molecule has 0 saturated carbocycles. The van der Waals surface area contributed by atoms with Crippen molar-refractivity contribution < 1.29 is 0 Å². The summed E-state index contributed by atoms with van der Waals surface area (Å²) >= 11 is 2.21. The fourth-order valence-electron chi connectivity index (χ4n) is 4.19. The molecule has 0 unspecified atom stereocenters. The third-order valence-corrected chi connectivity index (χ3v) is 7.44. The van der Waals surface area contributed by atoms with Gasteiger partial charge in [-0.25, -0.2) is 0 Å². The number of hydrogen-bond donors (Lipinski definition) is 0. The van der Waals surface area contributed by atoms with Gasteiger partial charge in [-0.05, 0) is 24.3 Å². The first-order valence-electron chi connectivity index (χ1n) is 14.0. The fourth-order valence-corrected chi connectivity index (χ4v) is 5.21. The van der Waals surface area contributed by atoms with Gasteiger partial charge in [-0.15, -0.1) is 0 Å². The van der Waals surface area contributed by atoms with Gasteiger partial charge in [0.1, 0.15) is 0 Å². The Labute approximate surface area is 191 Å². The standard InChI is InChI=1S/C28H58S/c1-3-5-7-9-11-12-13-14-15-16-17-18-19-20-21-22-24-26-28-29-27-25-23-10-8-6-4-2/h3-28H2,1-2H3. The Morgan fingerprint density at radius 1 is 0.276 bits per heavy atom. The molecule has 0 radical (unpaired) electrons. The van der Waals surface area contributed by atoms with E-state index < -0.39 is 0 Å². The topological polar surface area (TPSA) is 0 Å². The summed E-state index contributed by atoms with van der Waals surface area (Å²) in [6, 6.07) is 0. The zero-order valence-electron chi connectivity index (χ0n) is 20.8. The first kappa shape index (κ1) is 29.4. The van der Waals surface area contributed by atoms with E-state index in [1.807, 2.05) is 0 Å². The van der Waals surface area contributed by atoms with Crippen LogP contribution in [0.3, 0.4) is 0 Å². The van der Waals surface area contributed by atoms with Crippen LogP contribution in [-0.4, -0.2) is 11.5 Å². The van der Waals surface area contributed by atoms with Crippen molar-refractivity contribution in [2.24, 2.45) is 0 Å². The summed E-state index contributed by atoms with van der Waals surface area (Å²) < 4.78 is 0. The molecular formula is C28H58S. The van der Waals surface area contributed by atoms with Gasteiger partial charge >= 0.3 is 0 Å². The lowest BCUT2D eigenvalue weighted by molar-refractivity contribution is 0.526. The molecule has 29 heavy (non-hydrogen) atoms. The monoisotopic (exact) mass is 426 g/mol. The maximum atomic E-state index is 2.30. The molecule has 0 nitrogen and oxygen atoms in total. The largest absolute Gasteiger partial charge is 0.162 e. The van der Waals surface area contributed by atoms with Gasteiger partial charge in [0, 0.05) is 0 Å². The average Bonchev–Trinajstić information content (AvgIpc) is 2.74. The predicted octanol–water partition coefficient (Wildman–Crippen LogP) is 11.1. The first-order chi connectivity index (χ1) is 14.4. The molecule has 0 bridgehead atoms. The van der Waals surface area contributed by atoms with Crippen LogP contribution in [0.25, 0.3) is 0 Å². The van der Waals surface area contributed by atoms with E-state index in [4.69, 9.17) is 0 Å². The molecule has 1 heteroatoms. The van der Waals surface area contributed by atoms with Crippen LogP contribution in [0.2, 0.25) is 0 Å². The number of unbranched alkanes of at least 4 members (excludes halogenated alkanes) is 22. The number of hydrogen-bond acceptors (Lipinski definition) is 1. The van der Waals surface area contributed by atoms with Crippen LogP contribution in [0.5, 0.6) is 0 Å². The lowest BCUT2D eigenvalue weighted by Crippen LogP contribution is -1.87. The number of rotatable bonds is 26. The molecule has 0 spiro atoms. The molecule has 0 aromatic carbocycles. The second-order valence-corrected chi connectivity index (χ2v) is 10.6. The second-order valence-electron chi connectivity index (χ2n) is 9.39. The van der Waals surface area contributed by atoms with E-state index in [9.17, 15) is 0 Å². The lowest BCUT2D eigenvalue weighted by Gasteiger charge is -2.04. The molecule has 0 aromatic heterocycles. The van der Waals surface area contributed by atoms with Crippen LogP contribution in [0, 0.1) is 0 Å². The average molecular weight is 427 g/mol. The summed E-state index contributed by atoms with van der Waals surface area (Å²) in [4.78, 5) is 0. The Bertz CT molecular complexity index is 237. The Kier molecular flexibility index (Phi) is 28.7. The Morgan fingerprint density at radius 2 is 0.483 bits per heavy atom. The molecule has 0 N–H and O–H groups in total. The normalized spacial score (nSPS) is 11.4. The summed E-state index contributed by atoms with van der Waals surface area (Å²) in [5, 5.41) is 0. The van der Waals surface area contributed by atoms with Gasteiger partial charge in [-0.1, -0.05) is 155 Å². The van der Waals surface area contributed by atoms with Crippen molar-refractivity contribution in [1.29, 1.82) is 0 Å². The first-order valence-corrected chi connectivity index (χ1v) is 15.1. The van der Waals surface area contributed by atoms with Crippen molar-refractivity contribution in [3.63, 3.8) is 0 Å². The highest BCUT2D eigenvalue weighted by molar-refractivity contribution is 7.99. The summed E-state index contributed by atoms with van der Waals surface area (Å²) in [5.74, 6) is 2.82. The van der Waals surface area contributed by atoms with Gasteiger partial charge in [0.05, 0.1) is 0 Å². The van der Waals surface area contributed by atoms with Gasteiger partial charge in [-0.2, -0.15) is 11.8 Å². The summed E-state index contributed by atoms with van der Waals surface area (Å²) in [6.07, 6.45) is 35.2. The molecule has 0 amide bonds. The van der Waals surface area contributed by atoms with Gasteiger partial charge in [0.25, 0.3) is 0 Å². The lowest BCUT2D eigenvalue weighted by atomic mass is 10.0. The highest BCUT2D eigenvalue weighted by Crippen LogP contribution is 2.15. The van der Waals surface area contributed by atoms with E-state index in [0.29, 0.717) is 0 Å². The molecule has 0 fully saturated rings. The van der Waals surface area contributed by atoms with E-state index in [2.05, 4.69) is 25.6 Å². The third kappa shape index (κ3) is 28.4. The van der Waals surface area contributed by atoms with Crippen LogP contribution in [0.4, 0.5) is 0 Å². The van der Waals surface area contributed by atoms with Gasteiger partial charge in [-0.3, -0.25) is 0 Å². The zero-order chi connectivity index (χ0) is 21.1. The Balaban J connectivity index is 2.97. The van der Waals surface area contributed by atoms with E-state index in [1.54, 1.807) is 0 Å². The van der Waals surface area contributed by atoms with E-state index in [0.717, 1.165) is 0 Å². The predicted molar refractivity (Wildman–Crippen MR) is 139 cm³/mol. The van der Waals surface area contributed by atoms with Crippen LogP contribution >= 0.6 is 11.8 Å². The molecule has 0 atom stereocenters. The molecule has 0 aromatic rings. The number of thioether (sulfide) groups is 1. The maximum absolute atomic E-state index is 2.30. The summed E-state index contributed by atoms with van der Waals surface area (Å²) in [5.41, 5.74) is 0. The second kappa shape index (κ2) is 28.4. The van der Waals surface area contributed by atoms with Crippen molar-refractivity contribution in [1.82, 2.24) is 0 Å². The minimum absolute atomic E-state index is 1.37. The van der Waals surface area contributed by atoms with E-state index >= 15 is 0 Å². The van der Waals surface area contributed by atoms with Crippen molar-refractivity contribution >= 4 is 11.8 Å². The summed E-state index contributed by atoms with van der Waals surface area (Å²) in [7, 11) is 0. The zero-order valence-corrected chi connectivity index (χ0v) is 21.6. The third-order valence-electron chi connectivity index (χ3n) is 6.28. The van der Waals surface area contributed by atoms with Gasteiger partial charge in [0.2, 0.25) is 0 Å².